The fourth-order valence-corrected chi connectivity index (χ4v) is 2.30. The number of rotatable bonds is 4. The van der Waals surface area contributed by atoms with E-state index in [0.717, 1.165) is 0 Å². The summed E-state index contributed by atoms with van der Waals surface area (Å²) >= 11 is 2.05. The van der Waals surface area contributed by atoms with E-state index in [1.807, 2.05) is 22.6 Å². The van der Waals surface area contributed by atoms with E-state index < -0.39 is 15.0 Å². The van der Waals surface area contributed by atoms with Crippen LogP contribution in [0.5, 0.6) is 0 Å². The SMILES string of the molecule is Nc1c(NC(=O)CCI)cccc1S(=O)(=O)O. The zero-order valence-corrected chi connectivity index (χ0v) is 11.7. The van der Waals surface area contributed by atoms with Crippen LogP contribution >= 0.6 is 22.6 Å². The lowest BCUT2D eigenvalue weighted by molar-refractivity contribution is -0.115. The number of carbonyl (C=O) groups is 1. The molecule has 0 aliphatic rings. The van der Waals surface area contributed by atoms with Gasteiger partial charge in [0.05, 0.1) is 11.4 Å². The zero-order valence-electron chi connectivity index (χ0n) is 8.68. The minimum Gasteiger partial charge on any atom is -0.396 e. The van der Waals surface area contributed by atoms with Crippen molar-refractivity contribution in [1.82, 2.24) is 0 Å². The Kier molecular flexibility index (Phi) is 4.71. The molecule has 8 heteroatoms. The van der Waals surface area contributed by atoms with Crippen LogP contribution in [-0.4, -0.2) is 23.3 Å². The molecule has 0 heterocycles. The van der Waals surface area contributed by atoms with Gasteiger partial charge in [0.25, 0.3) is 10.1 Å². The van der Waals surface area contributed by atoms with E-state index in [0.29, 0.717) is 10.8 Å². The summed E-state index contributed by atoms with van der Waals surface area (Å²) in [5, 5.41) is 2.48. The summed E-state index contributed by atoms with van der Waals surface area (Å²) in [6, 6.07) is 4.02. The summed E-state index contributed by atoms with van der Waals surface area (Å²) in [5.41, 5.74) is 5.56. The Morgan fingerprint density at radius 1 is 1.47 bits per heavy atom. The van der Waals surface area contributed by atoms with E-state index in [1.54, 1.807) is 0 Å². The van der Waals surface area contributed by atoms with Crippen molar-refractivity contribution in [2.75, 3.05) is 15.5 Å². The number of hydrogen-bond acceptors (Lipinski definition) is 4. The summed E-state index contributed by atoms with van der Waals surface area (Å²) in [6.07, 6.45) is 0.302. The molecule has 0 aliphatic heterocycles. The number of alkyl halides is 1. The van der Waals surface area contributed by atoms with Crippen LogP contribution in [0.3, 0.4) is 0 Å². The van der Waals surface area contributed by atoms with Crippen molar-refractivity contribution < 1.29 is 17.8 Å². The van der Waals surface area contributed by atoms with Gasteiger partial charge in [-0.15, -0.1) is 0 Å². The number of nitrogen functional groups attached to an aromatic ring is 1. The molecule has 0 aromatic heterocycles. The predicted molar refractivity (Wildman–Crippen MR) is 72.8 cm³/mol. The smallest absolute Gasteiger partial charge is 0.296 e. The molecule has 1 amide bonds. The molecule has 4 N–H and O–H groups in total. The van der Waals surface area contributed by atoms with Crippen molar-refractivity contribution >= 4 is 50.0 Å². The molecule has 0 atom stereocenters. The first-order valence-electron chi connectivity index (χ1n) is 4.58. The van der Waals surface area contributed by atoms with Gasteiger partial charge in [-0.3, -0.25) is 9.35 Å². The summed E-state index contributed by atoms with van der Waals surface area (Å²) in [5.74, 6) is -0.265. The minimum atomic E-state index is -4.38. The topological polar surface area (TPSA) is 109 Å². The molecule has 0 aliphatic carbocycles. The second-order valence-corrected chi connectivity index (χ2v) is 5.65. The molecule has 1 rings (SSSR count). The monoisotopic (exact) mass is 370 g/mol. The normalized spacial score (nSPS) is 11.2. The number of carbonyl (C=O) groups excluding carboxylic acids is 1. The predicted octanol–water partition coefficient (Wildman–Crippen LogP) is 1.28. The Morgan fingerprint density at radius 2 is 2.12 bits per heavy atom. The van der Waals surface area contributed by atoms with Crippen LogP contribution in [0.15, 0.2) is 23.1 Å². The van der Waals surface area contributed by atoms with Crippen molar-refractivity contribution in [3.8, 4) is 0 Å². The van der Waals surface area contributed by atoms with Crippen LogP contribution in [0.25, 0.3) is 0 Å². The van der Waals surface area contributed by atoms with Crippen molar-refractivity contribution in [3.05, 3.63) is 18.2 Å². The number of para-hydroxylation sites is 1. The number of benzene rings is 1. The Labute approximate surface area is 112 Å². The molecule has 17 heavy (non-hydrogen) atoms. The zero-order chi connectivity index (χ0) is 13.1. The first kappa shape index (κ1) is 14.2. The maximum Gasteiger partial charge on any atom is 0.296 e. The standard InChI is InChI=1S/C9H11IN2O4S/c10-5-4-8(13)12-6-2-1-3-7(9(6)11)17(14,15)16/h1-3H,4-5,11H2,(H,12,13)(H,14,15,16). The highest BCUT2D eigenvalue weighted by Gasteiger charge is 2.16. The maximum atomic E-state index is 11.3. The summed E-state index contributed by atoms with van der Waals surface area (Å²) in [6.45, 7) is 0. The minimum absolute atomic E-state index is 0.170. The summed E-state index contributed by atoms with van der Waals surface area (Å²) in [7, 11) is -4.38. The number of halogens is 1. The molecular formula is C9H11IN2O4S. The van der Waals surface area contributed by atoms with Crippen LogP contribution in [-0.2, 0) is 14.9 Å². The van der Waals surface area contributed by atoms with E-state index >= 15 is 0 Å². The highest BCUT2D eigenvalue weighted by Crippen LogP contribution is 2.26. The molecule has 6 nitrogen and oxygen atoms in total. The molecule has 0 unspecified atom stereocenters. The number of amides is 1. The maximum absolute atomic E-state index is 11.3. The van der Waals surface area contributed by atoms with Gasteiger partial charge in [0.1, 0.15) is 4.90 Å². The first-order valence-corrected chi connectivity index (χ1v) is 7.54. The lowest BCUT2D eigenvalue weighted by Crippen LogP contribution is -2.14. The van der Waals surface area contributed by atoms with Gasteiger partial charge in [0.2, 0.25) is 5.91 Å². The first-order chi connectivity index (χ1) is 7.86. The van der Waals surface area contributed by atoms with Crippen LogP contribution in [0.4, 0.5) is 11.4 Å². The van der Waals surface area contributed by atoms with E-state index in [-0.39, 0.29) is 17.3 Å². The van der Waals surface area contributed by atoms with E-state index in [4.69, 9.17) is 10.3 Å². The molecule has 1 aromatic rings. The third-order valence-corrected chi connectivity index (χ3v) is 3.39. The van der Waals surface area contributed by atoms with Gasteiger partial charge in [-0.05, 0) is 12.1 Å². The Bertz CT molecular complexity index is 530. The van der Waals surface area contributed by atoms with Gasteiger partial charge in [0.15, 0.2) is 0 Å². The van der Waals surface area contributed by atoms with Gasteiger partial charge in [-0.1, -0.05) is 28.7 Å². The largest absolute Gasteiger partial charge is 0.396 e. The van der Waals surface area contributed by atoms with E-state index in [9.17, 15) is 13.2 Å². The fraction of sp³-hybridized carbons (Fsp3) is 0.222. The van der Waals surface area contributed by atoms with Crippen LogP contribution < -0.4 is 11.1 Å². The lowest BCUT2D eigenvalue weighted by atomic mass is 10.2. The Balaban J connectivity index is 3.08. The van der Waals surface area contributed by atoms with E-state index in [1.165, 1.54) is 18.2 Å². The summed E-state index contributed by atoms with van der Waals surface area (Å²) < 4.78 is 31.5. The third kappa shape index (κ3) is 3.82. The Hall–Kier alpha value is -0.870. The highest BCUT2D eigenvalue weighted by molar-refractivity contribution is 14.1. The van der Waals surface area contributed by atoms with Crippen LogP contribution in [0.2, 0.25) is 0 Å². The van der Waals surface area contributed by atoms with Gasteiger partial charge in [-0.25, -0.2) is 0 Å². The van der Waals surface area contributed by atoms with Crippen molar-refractivity contribution in [3.63, 3.8) is 0 Å². The molecule has 0 radical (unpaired) electrons. The van der Waals surface area contributed by atoms with Crippen LogP contribution in [0.1, 0.15) is 6.42 Å². The highest BCUT2D eigenvalue weighted by atomic mass is 127. The molecule has 0 spiro atoms. The number of nitrogens with one attached hydrogen (secondary N) is 1. The van der Waals surface area contributed by atoms with E-state index in [2.05, 4.69) is 5.32 Å². The molecule has 0 saturated heterocycles. The quantitative estimate of drug-likeness (QED) is 0.320. The number of hydrogen-bond donors (Lipinski definition) is 3. The van der Waals surface area contributed by atoms with Gasteiger partial charge in [-0.2, -0.15) is 8.42 Å². The molecule has 0 bridgehead atoms. The third-order valence-electron chi connectivity index (χ3n) is 1.94. The van der Waals surface area contributed by atoms with Crippen molar-refractivity contribution in [2.24, 2.45) is 0 Å². The molecule has 0 saturated carbocycles. The average molecular weight is 370 g/mol. The Morgan fingerprint density at radius 3 is 2.65 bits per heavy atom. The van der Waals surface area contributed by atoms with Crippen LogP contribution in [0, 0.1) is 0 Å². The molecular weight excluding hydrogens is 359 g/mol. The number of nitrogens with two attached hydrogens (primary N) is 1. The summed E-state index contributed by atoms with van der Waals surface area (Å²) in [4.78, 5) is 10.9. The number of anilines is 2. The second-order valence-electron chi connectivity index (χ2n) is 3.18. The fourth-order valence-electron chi connectivity index (χ4n) is 1.18. The van der Waals surface area contributed by atoms with Gasteiger partial charge < -0.3 is 11.1 Å². The van der Waals surface area contributed by atoms with Gasteiger partial charge in [0, 0.05) is 10.8 Å². The lowest BCUT2D eigenvalue weighted by Gasteiger charge is -2.09. The van der Waals surface area contributed by atoms with Crippen molar-refractivity contribution in [1.29, 1.82) is 0 Å². The molecule has 94 valence electrons. The average Bonchev–Trinajstić information content (AvgIpc) is 2.19. The second kappa shape index (κ2) is 5.65. The van der Waals surface area contributed by atoms with Gasteiger partial charge >= 0.3 is 0 Å². The molecule has 0 fully saturated rings. The van der Waals surface area contributed by atoms with Crippen molar-refractivity contribution in [2.45, 2.75) is 11.3 Å². The molecule has 1 aromatic carbocycles.